The molecule has 74 valence electrons. The van der Waals surface area contributed by atoms with Crippen molar-refractivity contribution < 1.29 is 4.79 Å². The highest BCUT2D eigenvalue weighted by atomic mass is 16.1. The molecule has 0 heterocycles. The van der Waals surface area contributed by atoms with Gasteiger partial charge in [-0.2, -0.15) is 0 Å². The molecule has 0 aromatic heterocycles. The van der Waals surface area contributed by atoms with Crippen LogP contribution in [0.3, 0.4) is 0 Å². The third-order valence-electron chi connectivity index (χ3n) is 3.61. The molecule has 0 spiro atoms. The molecular formula is C11H19NO. The van der Waals surface area contributed by atoms with Gasteiger partial charge in [0.25, 0.3) is 0 Å². The van der Waals surface area contributed by atoms with Crippen molar-refractivity contribution in [3.8, 4) is 0 Å². The highest BCUT2D eigenvalue weighted by molar-refractivity contribution is 5.73. The summed E-state index contributed by atoms with van der Waals surface area (Å²) < 4.78 is 0. The van der Waals surface area contributed by atoms with Crippen molar-refractivity contribution in [2.75, 3.05) is 0 Å². The van der Waals surface area contributed by atoms with E-state index in [2.05, 4.69) is 12.2 Å². The Hall–Kier alpha value is -0.530. The zero-order chi connectivity index (χ0) is 9.47. The van der Waals surface area contributed by atoms with Crippen LogP contribution in [0, 0.1) is 11.8 Å². The fourth-order valence-electron chi connectivity index (χ4n) is 3.43. The number of rotatable bonds is 1. The minimum Gasteiger partial charge on any atom is -0.351 e. The number of fused-ring (bicyclic) bond motifs is 2. The molecule has 0 aromatic rings. The lowest BCUT2D eigenvalue weighted by atomic mass is 9.76. The second-order valence-electron chi connectivity index (χ2n) is 5.20. The van der Waals surface area contributed by atoms with E-state index in [9.17, 15) is 4.79 Å². The summed E-state index contributed by atoms with van der Waals surface area (Å²) in [6.45, 7) is 3.83. The Labute approximate surface area is 80.1 Å². The van der Waals surface area contributed by atoms with Gasteiger partial charge >= 0.3 is 0 Å². The van der Waals surface area contributed by atoms with Crippen LogP contribution in [0.5, 0.6) is 0 Å². The van der Waals surface area contributed by atoms with Crippen LogP contribution in [-0.2, 0) is 4.79 Å². The van der Waals surface area contributed by atoms with Crippen molar-refractivity contribution >= 4 is 5.91 Å². The van der Waals surface area contributed by atoms with Crippen LogP contribution in [0.25, 0.3) is 0 Å². The average molecular weight is 181 g/mol. The molecule has 2 fully saturated rings. The van der Waals surface area contributed by atoms with E-state index in [1.807, 2.05) is 0 Å². The van der Waals surface area contributed by atoms with Crippen LogP contribution < -0.4 is 5.32 Å². The highest BCUT2D eigenvalue weighted by Crippen LogP contribution is 2.46. The van der Waals surface area contributed by atoms with E-state index in [0.29, 0.717) is 0 Å². The molecule has 0 aliphatic heterocycles. The van der Waals surface area contributed by atoms with Crippen molar-refractivity contribution in [3.63, 3.8) is 0 Å². The highest BCUT2D eigenvalue weighted by Gasteiger charge is 2.41. The summed E-state index contributed by atoms with van der Waals surface area (Å²) in [6, 6.07) is 0. The molecule has 0 saturated heterocycles. The standard InChI is InChI=1S/C11H19NO/c1-8(13)12-11(2)6-9-3-4-10(5-9)7-11/h9-10H,3-7H2,1-2H3,(H,12,13)/t9-,10+,11?. The minimum atomic E-state index is 0.107. The summed E-state index contributed by atoms with van der Waals surface area (Å²) in [4.78, 5) is 11.0. The van der Waals surface area contributed by atoms with E-state index in [-0.39, 0.29) is 11.4 Å². The Morgan fingerprint density at radius 1 is 1.31 bits per heavy atom. The van der Waals surface area contributed by atoms with Crippen LogP contribution in [0.15, 0.2) is 0 Å². The van der Waals surface area contributed by atoms with Crippen molar-refractivity contribution in [1.82, 2.24) is 5.32 Å². The van der Waals surface area contributed by atoms with Gasteiger partial charge in [0.05, 0.1) is 0 Å². The monoisotopic (exact) mass is 181 g/mol. The van der Waals surface area contributed by atoms with Gasteiger partial charge in [-0.3, -0.25) is 4.79 Å². The van der Waals surface area contributed by atoms with Gasteiger partial charge < -0.3 is 5.32 Å². The quantitative estimate of drug-likeness (QED) is 0.659. The summed E-state index contributed by atoms with van der Waals surface area (Å²) in [6.07, 6.45) is 6.58. The van der Waals surface area contributed by atoms with Crippen molar-refractivity contribution in [2.24, 2.45) is 11.8 Å². The maximum absolute atomic E-state index is 11.0. The van der Waals surface area contributed by atoms with E-state index in [1.54, 1.807) is 6.92 Å². The van der Waals surface area contributed by atoms with Gasteiger partial charge in [0.1, 0.15) is 0 Å². The molecule has 2 saturated carbocycles. The first-order valence-electron chi connectivity index (χ1n) is 5.36. The van der Waals surface area contributed by atoms with E-state index in [4.69, 9.17) is 0 Å². The van der Waals surface area contributed by atoms with Gasteiger partial charge in [-0.05, 0) is 38.0 Å². The van der Waals surface area contributed by atoms with E-state index < -0.39 is 0 Å². The Morgan fingerprint density at radius 2 is 1.85 bits per heavy atom. The normalized spacial score (nSPS) is 43.2. The lowest BCUT2D eigenvalue weighted by Crippen LogP contribution is -2.48. The SMILES string of the molecule is CC(=O)NC1(C)C[C@@H]2CC[C@@H](C2)C1. The molecule has 1 N–H and O–H groups in total. The summed E-state index contributed by atoms with van der Waals surface area (Å²) in [5.41, 5.74) is 0.107. The summed E-state index contributed by atoms with van der Waals surface area (Å²) >= 11 is 0. The van der Waals surface area contributed by atoms with Crippen LogP contribution in [0.4, 0.5) is 0 Å². The maximum atomic E-state index is 11.0. The minimum absolute atomic E-state index is 0.107. The number of hydrogen-bond acceptors (Lipinski definition) is 1. The number of nitrogens with one attached hydrogen (secondary N) is 1. The zero-order valence-corrected chi connectivity index (χ0v) is 8.60. The molecule has 1 unspecified atom stereocenters. The van der Waals surface area contributed by atoms with Crippen LogP contribution in [0.1, 0.15) is 46.0 Å². The first kappa shape index (κ1) is 9.04. The maximum Gasteiger partial charge on any atom is 0.217 e. The van der Waals surface area contributed by atoms with Crippen molar-refractivity contribution in [3.05, 3.63) is 0 Å². The molecule has 0 aromatic carbocycles. The molecule has 2 aliphatic carbocycles. The molecule has 13 heavy (non-hydrogen) atoms. The Bertz CT molecular complexity index is 212. The van der Waals surface area contributed by atoms with Gasteiger partial charge in [0.2, 0.25) is 5.91 Å². The van der Waals surface area contributed by atoms with E-state index in [1.165, 1.54) is 32.1 Å². The summed E-state index contributed by atoms with van der Waals surface area (Å²) in [5.74, 6) is 1.90. The number of hydrogen-bond donors (Lipinski definition) is 1. The molecule has 2 nitrogen and oxygen atoms in total. The van der Waals surface area contributed by atoms with Crippen LogP contribution >= 0.6 is 0 Å². The fourth-order valence-corrected chi connectivity index (χ4v) is 3.43. The van der Waals surface area contributed by atoms with Crippen LogP contribution in [0.2, 0.25) is 0 Å². The smallest absolute Gasteiger partial charge is 0.217 e. The molecule has 3 atom stereocenters. The summed E-state index contributed by atoms with van der Waals surface area (Å²) in [7, 11) is 0. The van der Waals surface area contributed by atoms with Crippen molar-refractivity contribution in [1.29, 1.82) is 0 Å². The molecule has 1 amide bonds. The average Bonchev–Trinajstić information content (AvgIpc) is 2.27. The third-order valence-corrected chi connectivity index (χ3v) is 3.61. The topological polar surface area (TPSA) is 29.1 Å². The van der Waals surface area contributed by atoms with E-state index in [0.717, 1.165) is 11.8 Å². The lowest BCUT2D eigenvalue weighted by molar-refractivity contribution is -0.121. The molecule has 0 radical (unpaired) electrons. The predicted octanol–water partition coefficient (Wildman–Crippen LogP) is 2.09. The first-order chi connectivity index (χ1) is 6.07. The Kier molecular flexibility index (Phi) is 2.09. The predicted molar refractivity (Wildman–Crippen MR) is 52.3 cm³/mol. The largest absolute Gasteiger partial charge is 0.351 e. The van der Waals surface area contributed by atoms with E-state index >= 15 is 0 Å². The molecule has 2 heteroatoms. The summed E-state index contributed by atoms with van der Waals surface area (Å²) in [5, 5.41) is 3.12. The molecule has 2 aliphatic rings. The number of amides is 1. The Balaban J connectivity index is 2.03. The second-order valence-corrected chi connectivity index (χ2v) is 5.20. The lowest BCUT2D eigenvalue weighted by Gasteiger charge is -2.38. The Morgan fingerprint density at radius 3 is 2.31 bits per heavy atom. The molecule has 2 rings (SSSR count). The fraction of sp³-hybridized carbons (Fsp3) is 0.909. The number of carbonyl (C=O) groups excluding carboxylic acids is 1. The second kappa shape index (κ2) is 3.00. The van der Waals surface area contributed by atoms with Crippen LogP contribution in [-0.4, -0.2) is 11.4 Å². The van der Waals surface area contributed by atoms with Gasteiger partial charge in [0.15, 0.2) is 0 Å². The third kappa shape index (κ3) is 1.87. The molecule has 2 bridgehead atoms. The van der Waals surface area contributed by atoms with Gasteiger partial charge in [-0.25, -0.2) is 0 Å². The van der Waals surface area contributed by atoms with Gasteiger partial charge in [0, 0.05) is 12.5 Å². The number of carbonyl (C=O) groups is 1. The van der Waals surface area contributed by atoms with Crippen molar-refractivity contribution in [2.45, 2.75) is 51.5 Å². The zero-order valence-electron chi connectivity index (χ0n) is 8.60. The van der Waals surface area contributed by atoms with Gasteiger partial charge in [-0.15, -0.1) is 0 Å². The molecular weight excluding hydrogens is 162 g/mol. The van der Waals surface area contributed by atoms with Gasteiger partial charge in [-0.1, -0.05) is 12.8 Å². The first-order valence-corrected chi connectivity index (χ1v) is 5.36.